The molecule has 1 unspecified atom stereocenters. The zero-order valence-electron chi connectivity index (χ0n) is 11.8. The number of fused-ring (bicyclic) bond motifs is 1. The first-order valence-corrected chi connectivity index (χ1v) is 7.51. The highest BCUT2D eigenvalue weighted by atomic mass is 32.1. The van der Waals surface area contributed by atoms with E-state index in [1.54, 1.807) is 35.6 Å². The van der Waals surface area contributed by atoms with E-state index in [2.05, 4.69) is 5.32 Å². The molecule has 5 heteroatoms. The number of hydrogen-bond acceptors (Lipinski definition) is 4. The van der Waals surface area contributed by atoms with Crippen LogP contribution in [0.2, 0.25) is 0 Å². The fourth-order valence-corrected chi connectivity index (χ4v) is 3.08. The van der Waals surface area contributed by atoms with Crippen molar-refractivity contribution in [3.63, 3.8) is 0 Å². The first kappa shape index (κ1) is 13.7. The smallest absolute Gasteiger partial charge is 0.287 e. The van der Waals surface area contributed by atoms with Gasteiger partial charge in [0.25, 0.3) is 5.91 Å². The maximum atomic E-state index is 12.3. The number of benzene rings is 1. The van der Waals surface area contributed by atoms with Gasteiger partial charge in [0.1, 0.15) is 5.58 Å². The quantitative estimate of drug-likeness (QED) is 0.721. The Morgan fingerprint density at radius 1 is 1.29 bits per heavy atom. The number of nitrogen functional groups attached to an aromatic ring is 1. The van der Waals surface area contributed by atoms with Gasteiger partial charge in [-0.05, 0) is 50.2 Å². The highest BCUT2D eigenvalue weighted by molar-refractivity contribution is 7.12. The van der Waals surface area contributed by atoms with Crippen LogP contribution in [0.15, 0.2) is 40.8 Å². The fraction of sp³-hybridized carbons (Fsp3) is 0.188. The molecule has 1 aromatic carbocycles. The lowest BCUT2D eigenvalue weighted by Gasteiger charge is -2.10. The Morgan fingerprint density at radius 3 is 2.81 bits per heavy atom. The van der Waals surface area contributed by atoms with Gasteiger partial charge in [-0.1, -0.05) is 0 Å². The molecular weight excluding hydrogens is 284 g/mol. The summed E-state index contributed by atoms with van der Waals surface area (Å²) in [6.45, 7) is 4.01. The highest BCUT2D eigenvalue weighted by Gasteiger charge is 2.16. The number of amides is 1. The van der Waals surface area contributed by atoms with Gasteiger partial charge in [-0.15, -0.1) is 11.3 Å². The van der Waals surface area contributed by atoms with Gasteiger partial charge in [-0.2, -0.15) is 0 Å². The molecule has 0 aliphatic carbocycles. The summed E-state index contributed by atoms with van der Waals surface area (Å²) < 4.78 is 5.56. The predicted octanol–water partition coefficient (Wildman–Crippen LogP) is 3.88. The normalized spacial score (nSPS) is 12.5. The van der Waals surface area contributed by atoms with Gasteiger partial charge in [0.2, 0.25) is 0 Å². The third kappa shape index (κ3) is 2.78. The van der Waals surface area contributed by atoms with E-state index in [0.29, 0.717) is 17.0 Å². The summed E-state index contributed by atoms with van der Waals surface area (Å²) in [5, 5.41) is 3.78. The zero-order valence-corrected chi connectivity index (χ0v) is 12.7. The molecule has 3 rings (SSSR count). The van der Waals surface area contributed by atoms with Crippen molar-refractivity contribution >= 4 is 33.9 Å². The molecule has 1 amide bonds. The van der Waals surface area contributed by atoms with Crippen LogP contribution in [0, 0.1) is 6.92 Å². The summed E-state index contributed by atoms with van der Waals surface area (Å²) in [6, 6.07) is 11.1. The molecule has 21 heavy (non-hydrogen) atoms. The van der Waals surface area contributed by atoms with Gasteiger partial charge in [0, 0.05) is 20.8 Å². The number of furan rings is 1. The maximum Gasteiger partial charge on any atom is 0.287 e. The second kappa shape index (κ2) is 5.26. The second-order valence-corrected chi connectivity index (χ2v) is 6.37. The molecule has 0 saturated heterocycles. The number of aryl methyl sites for hydroxylation is 1. The standard InChI is InChI=1S/C16H16N2O2S/c1-9-3-6-15(21-9)10(2)18-16(19)14-8-11-7-12(17)4-5-13(11)20-14/h3-8,10H,17H2,1-2H3,(H,18,19). The molecule has 3 aromatic rings. The summed E-state index contributed by atoms with van der Waals surface area (Å²) in [6.07, 6.45) is 0. The summed E-state index contributed by atoms with van der Waals surface area (Å²) in [5.74, 6) is 0.0825. The molecule has 4 nitrogen and oxygen atoms in total. The van der Waals surface area contributed by atoms with Gasteiger partial charge in [0.05, 0.1) is 6.04 Å². The minimum Gasteiger partial charge on any atom is -0.451 e. The second-order valence-electron chi connectivity index (χ2n) is 5.05. The largest absolute Gasteiger partial charge is 0.451 e. The van der Waals surface area contributed by atoms with Gasteiger partial charge >= 0.3 is 0 Å². The van der Waals surface area contributed by atoms with Crippen LogP contribution in [0.1, 0.15) is 33.3 Å². The molecule has 2 heterocycles. The fourth-order valence-electron chi connectivity index (χ4n) is 2.20. The average molecular weight is 300 g/mol. The van der Waals surface area contributed by atoms with E-state index >= 15 is 0 Å². The molecule has 2 aromatic heterocycles. The Hall–Kier alpha value is -2.27. The molecule has 1 atom stereocenters. The molecule has 0 radical (unpaired) electrons. The van der Waals surface area contributed by atoms with Crippen molar-refractivity contribution in [1.29, 1.82) is 0 Å². The molecule has 0 aliphatic heterocycles. The molecule has 108 valence electrons. The van der Waals surface area contributed by atoms with Crippen molar-refractivity contribution < 1.29 is 9.21 Å². The summed E-state index contributed by atoms with van der Waals surface area (Å²) >= 11 is 1.68. The van der Waals surface area contributed by atoms with Crippen molar-refractivity contribution in [2.45, 2.75) is 19.9 Å². The van der Waals surface area contributed by atoms with E-state index in [4.69, 9.17) is 10.2 Å². The number of thiophene rings is 1. The van der Waals surface area contributed by atoms with Crippen molar-refractivity contribution in [2.24, 2.45) is 0 Å². The SMILES string of the molecule is Cc1ccc(C(C)NC(=O)c2cc3cc(N)ccc3o2)s1. The molecule has 0 saturated carbocycles. The molecule has 3 N–H and O–H groups in total. The lowest BCUT2D eigenvalue weighted by atomic mass is 10.2. The van der Waals surface area contributed by atoms with Crippen LogP contribution in [-0.2, 0) is 0 Å². The van der Waals surface area contributed by atoms with Gasteiger partial charge in [-0.3, -0.25) is 4.79 Å². The lowest BCUT2D eigenvalue weighted by Crippen LogP contribution is -2.25. The summed E-state index contributed by atoms with van der Waals surface area (Å²) in [4.78, 5) is 14.6. The number of nitrogens with one attached hydrogen (secondary N) is 1. The number of carbonyl (C=O) groups is 1. The average Bonchev–Trinajstić information content (AvgIpc) is 3.04. The van der Waals surface area contributed by atoms with E-state index in [0.717, 1.165) is 10.3 Å². The number of rotatable bonds is 3. The Labute approximate surface area is 126 Å². The van der Waals surface area contributed by atoms with Crippen molar-refractivity contribution in [3.05, 3.63) is 51.9 Å². The molecule has 0 aliphatic rings. The molecular formula is C16H16N2O2S. The van der Waals surface area contributed by atoms with Gasteiger partial charge in [0.15, 0.2) is 5.76 Å². The van der Waals surface area contributed by atoms with Crippen molar-refractivity contribution in [2.75, 3.05) is 5.73 Å². The highest BCUT2D eigenvalue weighted by Crippen LogP contribution is 2.24. The number of hydrogen-bond donors (Lipinski definition) is 2. The van der Waals surface area contributed by atoms with Crippen LogP contribution in [0.5, 0.6) is 0 Å². The third-order valence-electron chi connectivity index (χ3n) is 3.30. The molecule has 0 fully saturated rings. The predicted molar refractivity (Wildman–Crippen MR) is 85.6 cm³/mol. The van der Waals surface area contributed by atoms with E-state index in [-0.39, 0.29) is 11.9 Å². The van der Waals surface area contributed by atoms with Crippen molar-refractivity contribution in [3.8, 4) is 0 Å². The van der Waals surface area contributed by atoms with Crippen molar-refractivity contribution in [1.82, 2.24) is 5.32 Å². The third-order valence-corrected chi connectivity index (χ3v) is 4.48. The van der Waals surface area contributed by atoms with E-state index in [1.165, 1.54) is 4.88 Å². The van der Waals surface area contributed by atoms with Crippen LogP contribution in [-0.4, -0.2) is 5.91 Å². The van der Waals surface area contributed by atoms with E-state index < -0.39 is 0 Å². The Morgan fingerprint density at radius 2 is 2.10 bits per heavy atom. The Kier molecular flexibility index (Phi) is 3.43. The minimum atomic E-state index is -0.219. The van der Waals surface area contributed by atoms with Gasteiger partial charge < -0.3 is 15.5 Å². The lowest BCUT2D eigenvalue weighted by molar-refractivity contribution is 0.0914. The summed E-state index contributed by atoms with van der Waals surface area (Å²) in [7, 11) is 0. The number of nitrogens with two attached hydrogens (primary N) is 1. The van der Waals surface area contributed by atoms with Crippen LogP contribution in [0.25, 0.3) is 11.0 Å². The Bertz CT molecular complexity index is 804. The summed E-state index contributed by atoms with van der Waals surface area (Å²) in [5.41, 5.74) is 7.04. The van der Waals surface area contributed by atoms with Crippen LogP contribution >= 0.6 is 11.3 Å². The van der Waals surface area contributed by atoms with E-state index in [9.17, 15) is 4.79 Å². The minimum absolute atomic E-state index is 0.0468. The monoisotopic (exact) mass is 300 g/mol. The van der Waals surface area contributed by atoms with Crippen LogP contribution in [0.4, 0.5) is 5.69 Å². The zero-order chi connectivity index (χ0) is 15.0. The molecule has 0 bridgehead atoms. The Balaban J connectivity index is 1.80. The van der Waals surface area contributed by atoms with Gasteiger partial charge in [-0.25, -0.2) is 0 Å². The topological polar surface area (TPSA) is 68.3 Å². The van der Waals surface area contributed by atoms with Crippen LogP contribution in [0.3, 0.4) is 0 Å². The number of carbonyl (C=O) groups excluding carboxylic acids is 1. The molecule has 0 spiro atoms. The maximum absolute atomic E-state index is 12.3. The van der Waals surface area contributed by atoms with E-state index in [1.807, 2.05) is 26.0 Å². The number of anilines is 1. The first-order valence-electron chi connectivity index (χ1n) is 6.69. The van der Waals surface area contributed by atoms with Crippen LogP contribution < -0.4 is 11.1 Å². The first-order chi connectivity index (χ1) is 10.0.